The molecule has 0 spiro atoms. The smallest absolute Gasteiger partial charge is 0.341 e. The van der Waals surface area contributed by atoms with Gasteiger partial charge >= 0.3 is 5.97 Å². The molecule has 0 radical (unpaired) electrons. The van der Waals surface area contributed by atoms with Crippen LogP contribution in [0.15, 0.2) is 33.7 Å². The molecule has 2 aromatic rings. The number of carbonyl (C=O) groups is 1. The van der Waals surface area contributed by atoms with Gasteiger partial charge in [-0.3, -0.25) is 0 Å². The van der Waals surface area contributed by atoms with Crippen molar-refractivity contribution < 1.29 is 23.4 Å². The molecule has 27 heavy (non-hydrogen) atoms. The molecule has 0 amide bonds. The van der Waals surface area contributed by atoms with Crippen LogP contribution in [0.3, 0.4) is 0 Å². The summed E-state index contributed by atoms with van der Waals surface area (Å²) in [7, 11) is 1.35. The first-order chi connectivity index (χ1) is 13.1. The van der Waals surface area contributed by atoms with Gasteiger partial charge in [0.15, 0.2) is 17.5 Å². The predicted molar refractivity (Wildman–Crippen MR) is 99.0 cm³/mol. The van der Waals surface area contributed by atoms with Gasteiger partial charge in [0, 0.05) is 6.54 Å². The molecule has 2 heterocycles. The molecular weight excluding hydrogens is 350 g/mol. The Morgan fingerprint density at radius 1 is 1.22 bits per heavy atom. The number of aryl methyl sites for hydroxylation is 1. The van der Waals surface area contributed by atoms with E-state index in [-0.39, 0.29) is 6.79 Å². The summed E-state index contributed by atoms with van der Waals surface area (Å²) in [5.74, 6) is 2.88. The number of benzene rings is 1. The van der Waals surface area contributed by atoms with Crippen molar-refractivity contribution in [2.45, 2.75) is 26.9 Å². The quantitative estimate of drug-likeness (QED) is 0.456. The number of esters is 1. The van der Waals surface area contributed by atoms with Gasteiger partial charge in [-0.1, -0.05) is 6.07 Å². The molecular formula is C19H23N3O5. The number of carbonyl (C=O) groups excluding carboxylic acids is 1. The molecule has 144 valence electrons. The highest BCUT2D eigenvalue weighted by molar-refractivity contribution is 5.90. The maximum absolute atomic E-state index is 11.7. The maximum Gasteiger partial charge on any atom is 0.341 e. The Labute approximate surface area is 157 Å². The molecule has 2 N–H and O–H groups in total. The third-order valence-corrected chi connectivity index (χ3v) is 4.01. The number of hydrogen-bond donors (Lipinski definition) is 2. The van der Waals surface area contributed by atoms with Crippen LogP contribution in [0.1, 0.15) is 34.4 Å². The highest BCUT2D eigenvalue weighted by atomic mass is 16.7. The van der Waals surface area contributed by atoms with Crippen LogP contribution in [0.5, 0.6) is 11.5 Å². The summed E-state index contributed by atoms with van der Waals surface area (Å²) in [5, 5.41) is 6.37. The van der Waals surface area contributed by atoms with Gasteiger partial charge in [-0.15, -0.1) is 0 Å². The summed E-state index contributed by atoms with van der Waals surface area (Å²) < 4.78 is 21.0. The Balaban J connectivity index is 1.63. The van der Waals surface area contributed by atoms with Gasteiger partial charge in [0.2, 0.25) is 6.79 Å². The largest absolute Gasteiger partial charge is 0.465 e. The number of guanidine groups is 1. The summed E-state index contributed by atoms with van der Waals surface area (Å²) >= 11 is 0. The monoisotopic (exact) mass is 373 g/mol. The van der Waals surface area contributed by atoms with Crippen molar-refractivity contribution in [2.75, 3.05) is 20.4 Å². The van der Waals surface area contributed by atoms with E-state index in [2.05, 4.69) is 15.6 Å². The van der Waals surface area contributed by atoms with E-state index in [0.717, 1.165) is 23.6 Å². The summed E-state index contributed by atoms with van der Waals surface area (Å²) in [4.78, 5) is 16.2. The van der Waals surface area contributed by atoms with Gasteiger partial charge in [-0.2, -0.15) is 0 Å². The average Bonchev–Trinajstić information content (AvgIpc) is 3.29. The van der Waals surface area contributed by atoms with Crippen molar-refractivity contribution in [1.29, 1.82) is 0 Å². The Hall–Kier alpha value is -3.16. The fraction of sp³-hybridized carbons (Fsp3) is 0.368. The predicted octanol–water partition coefficient (Wildman–Crippen LogP) is 2.36. The van der Waals surface area contributed by atoms with Crippen LogP contribution in [-0.4, -0.2) is 32.4 Å². The molecule has 0 fully saturated rings. The molecule has 8 nitrogen and oxygen atoms in total. The van der Waals surface area contributed by atoms with E-state index in [0.29, 0.717) is 36.1 Å². The van der Waals surface area contributed by atoms with E-state index in [1.165, 1.54) is 7.11 Å². The van der Waals surface area contributed by atoms with Crippen LogP contribution >= 0.6 is 0 Å². The van der Waals surface area contributed by atoms with E-state index in [9.17, 15) is 4.79 Å². The van der Waals surface area contributed by atoms with Crippen molar-refractivity contribution in [3.63, 3.8) is 0 Å². The lowest BCUT2D eigenvalue weighted by molar-refractivity contribution is 0.0599. The molecule has 1 aromatic carbocycles. The van der Waals surface area contributed by atoms with Gasteiger partial charge in [0.1, 0.15) is 17.1 Å². The highest BCUT2D eigenvalue weighted by Crippen LogP contribution is 2.32. The average molecular weight is 373 g/mol. The molecule has 1 aliphatic heterocycles. The second-order valence-electron chi connectivity index (χ2n) is 5.91. The Morgan fingerprint density at radius 3 is 2.81 bits per heavy atom. The van der Waals surface area contributed by atoms with Crippen LogP contribution < -0.4 is 20.1 Å². The molecule has 3 rings (SSSR count). The first-order valence-corrected chi connectivity index (χ1v) is 8.69. The zero-order valence-electron chi connectivity index (χ0n) is 15.6. The minimum absolute atomic E-state index is 0.252. The lowest BCUT2D eigenvalue weighted by atomic mass is 10.2. The Morgan fingerprint density at radius 2 is 2.04 bits per heavy atom. The molecule has 8 heteroatoms. The number of methoxy groups -OCH3 is 1. The summed E-state index contributed by atoms with van der Waals surface area (Å²) in [6, 6.07) is 7.44. The molecule has 0 aliphatic carbocycles. The number of aliphatic imine (C=N–C) groups is 1. The zero-order valence-corrected chi connectivity index (χ0v) is 15.6. The third-order valence-electron chi connectivity index (χ3n) is 4.01. The molecule has 1 aromatic heterocycles. The topological polar surface area (TPSA) is 94.3 Å². The number of ether oxygens (including phenoxy) is 3. The Kier molecular flexibility index (Phi) is 5.85. The number of fused-ring (bicyclic) bond motifs is 1. The molecule has 0 atom stereocenters. The van der Waals surface area contributed by atoms with Crippen molar-refractivity contribution in [2.24, 2.45) is 4.99 Å². The van der Waals surface area contributed by atoms with Crippen LogP contribution in [0.2, 0.25) is 0 Å². The molecule has 0 saturated heterocycles. The number of hydrogen-bond acceptors (Lipinski definition) is 6. The Bertz CT molecular complexity index is 844. The molecule has 0 saturated carbocycles. The van der Waals surface area contributed by atoms with Gasteiger partial charge < -0.3 is 29.3 Å². The van der Waals surface area contributed by atoms with Gasteiger partial charge in [-0.25, -0.2) is 9.79 Å². The van der Waals surface area contributed by atoms with Gasteiger partial charge in [-0.05, 0) is 37.6 Å². The maximum atomic E-state index is 11.7. The fourth-order valence-electron chi connectivity index (χ4n) is 2.67. The minimum atomic E-state index is -0.411. The number of nitrogens with one attached hydrogen (secondary N) is 2. The molecule has 0 bridgehead atoms. The number of furan rings is 1. The number of nitrogens with zero attached hydrogens (tertiary/aromatic N) is 1. The lowest BCUT2D eigenvalue weighted by Crippen LogP contribution is -2.36. The second kappa shape index (κ2) is 8.48. The van der Waals surface area contributed by atoms with Gasteiger partial charge in [0.25, 0.3) is 0 Å². The van der Waals surface area contributed by atoms with Crippen LogP contribution in [-0.2, 0) is 17.8 Å². The zero-order chi connectivity index (χ0) is 19.2. The fourth-order valence-corrected chi connectivity index (χ4v) is 2.67. The van der Waals surface area contributed by atoms with E-state index < -0.39 is 5.97 Å². The normalized spacial score (nSPS) is 12.8. The molecule has 1 aliphatic rings. The first-order valence-electron chi connectivity index (χ1n) is 8.69. The van der Waals surface area contributed by atoms with Crippen molar-refractivity contribution in [3.8, 4) is 11.5 Å². The standard InChI is InChI=1S/C19H23N3O5/c1-4-20-19(21-9-13-5-6-16-17(7-13)26-11-25-16)22-10-14-8-15(12(2)27-14)18(23)24-3/h5-8H,4,9-11H2,1-3H3,(H2,20,21,22). The van der Waals surface area contributed by atoms with Crippen LogP contribution in [0.25, 0.3) is 0 Å². The van der Waals surface area contributed by atoms with Crippen molar-refractivity contribution in [3.05, 3.63) is 46.9 Å². The highest BCUT2D eigenvalue weighted by Gasteiger charge is 2.16. The van der Waals surface area contributed by atoms with Crippen molar-refractivity contribution in [1.82, 2.24) is 10.6 Å². The van der Waals surface area contributed by atoms with Crippen molar-refractivity contribution >= 4 is 11.9 Å². The molecule has 0 unspecified atom stereocenters. The summed E-state index contributed by atoms with van der Waals surface area (Å²) in [5.41, 5.74) is 1.44. The summed E-state index contributed by atoms with van der Waals surface area (Å²) in [6.45, 7) is 5.57. The van der Waals surface area contributed by atoms with E-state index in [4.69, 9.17) is 18.6 Å². The number of rotatable bonds is 6. The van der Waals surface area contributed by atoms with Crippen LogP contribution in [0, 0.1) is 6.92 Å². The van der Waals surface area contributed by atoms with Crippen LogP contribution in [0.4, 0.5) is 0 Å². The SMILES string of the molecule is CCNC(=NCc1ccc2c(c1)OCO2)NCc1cc(C(=O)OC)c(C)o1. The second-order valence-corrected chi connectivity index (χ2v) is 5.91. The first kappa shape index (κ1) is 18.6. The summed E-state index contributed by atoms with van der Waals surface area (Å²) in [6.07, 6.45) is 0. The van der Waals surface area contributed by atoms with E-state index >= 15 is 0 Å². The third kappa shape index (κ3) is 4.52. The lowest BCUT2D eigenvalue weighted by Gasteiger charge is -2.10. The van der Waals surface area contributed by atoms with E-state index in [1.807, 2.05) is 25.1 Å². The van der Waals surface area contributed by atoms with Gasteiger partial charge in [0.05, 0.1) is 20.2 Å². The minimum Gasteiger partial charge on any atom is -0.465 e. The van der Waals surface area contributed by atoms with E-state index in [1.54, 1.807) is 13.0 Å².